The Kier molecular flexibility index (Phi) is 3.23. The highest BCUT2D eigenvalue weighted by atomic mass is 31.1. The largest absolute Gasteiger partial charge is 0.102 e. The molecule has 0 fully saturated rings. The van der Waals surface area contributed by atoms with Crippen molar-refractivity contribution in [2.45, 2.75) is 32.9 Å². The van der Waals surface area contributed by atoms with Crippen molar-refractivity contribution in [1.29, 1.82) is 0 Å². The molecule has 0 aliphatic carbocycles. The van der Waals surface area contributed by atoms with Crippen LogP contribution in [0.2, 0.25) is 0 Å². The fourth-order valence-corrected chi connectivity index (χ4v) is 1.01. The van der Waals surface area contributed by atoms with Crippen LogP contribution in [-0.4, -0.2) is 11.8 Å². The van der Waals surface area contributed by atoms with E-state index in [9.17, 15) is 0 Å². The van der Waals surface area contributed by atoms with Gasteiger partial charge in [-0.15, -0.1) is 5.92 Å². The van der Waals surface area contributed by atoms with E-state index in [2.05, 4.69) is 39.0 Å². The molecule has 0 unspecified atom stereocenters. The lowest BCUT2D eigenvalue weighted by Gasteiger charge is -2.22. The second-order valence-corrected chi connectivity index (χ2v) is 5.77. The number of hydrogen-bond donors (Lipinski definition) is 0. The maximum Gasteiger partial charge on any atom is -0.00236 e. The molecule has 0 amide bonds. The van der Waals surface area contributed by atoms with Crippen LogP contribution in [0.5, 0.6) is 0 Å². The monoisotopic (exact) mass is 142 g/mol. The molecule has 0 aromatic rings. The Bertz CT molecular complexity index is 131. The van der Waals surface area contributed by atoms with Gasteiger partial charge in [-0.3, -0.25) is 0 Å². The summed E-state index contributed by atoms with van der Waals surface area (Å²) in [5, 5.41) is 0.401. The maximum absolute atomic E-state index is 3.20. The van der Waals surface area contributed by atoms with Crippen molar-refractivity contribution in [2.75, 3.05) is 6.66 Å². The molecule has 0 saturated carbocycles. The van der Waals surface area contributed by atoms with Gasteiger partial charge in [0.25, 0.3) is 0 Å². The SMILES string of the molecule is CC#C[P@@](C)C(C)(C)C. The van der Waals surface area contributed by atoms with E-state index in [-0.39, 0.29) is 7.92 Å². The van der Waals surface area contributed by atoms with Crippen molar-refractivity contribution in [3.8, 4) is 11.6 Å². The van der Waals surface area contributed by atoms with Gasteiger partial charge in [0.2, 0.25) is 0 Å². The van der Waals surface area contributed by atoms with Crippen molar-refractivity contribution < 1.29 is 0 Å². The smallest absolute Gasteiger partial charge is 0.00236 e. The molecule has 0 saturated heterocycles. The Morgan fingerprint density at radius 3 is 1.78 bits per heavy atom. The van der Waals surface area contributed by atoms with Crippen molar-refractivity contribution in [3.63, 3.8) is 0 Å². The lowest BCUT2D eigenvalue weighted by Crippen LogP contribution is -2.08. The molecular weight excluding hydrogens is 127 g/mol. The summed E-state index contributed by atoms with van der Waals surface area (Å²) in [5.74, 6) is 2.95. The first kappa shape index (κ1) is 8.99. The summed E-state index contributed by atoms with van der Waals surface area (Å²) in [6, 6.07) is 0. The van der Waals surface area contributed by atoms with Crippen molar-refractivity contribution in [1.82, 2.24) is 0 Å². The summed E-state index contributed by atoms with van der Waals surface area (Å²) < 4.78 is 0. The van der Waals surface area contributed by atoms with Gasteiger partial charge < -0.3 is 0 Å². The molecule has 0 nitrogen and oxygen atoms in total. The molecule has 0 aliphatic rings. The average Bonchev–Trinajstić information content (AvgIpc) is 1.64. The molecule has 0 spiro atoms. The molecule has 0 aliphatic heterocycles. The second kappa shape index (κ2) is 3.23. The molecule has 0 rings (SSSR count). The second-order valence-electron chi connectivity index (χ2n) is 3.09. The molecule has 1 atom stereocenters. The summed E-state index contributed by atoms with van der Waals surface area (Å²) in [5.41, 5.74) is 3.20. The molecule has 0 bridgehead atoms. The summed E-state index contributed by atoms with van der Waals surface area (Å²) in [4.78, 5) is 0. The van der Waals surface area contributed by atoms with Gasteiger partial charge >= 0.3 is 0 Å². The summed E-state index contributed by atoms with van der Waals surface area (Å²) >= 11 is 0. The lowest BCUT2D eigenvalue weighted by atomic mass is 10.3. The quantitative estimate of drug-likeness (QED) is 0.360. The predicted octanol–water partition coefficient (Wildman–Crippen LogP) is 2.88. The zero-order chi connectivity index (χ0) is 7.49. The first-order chi connectivity index (χ1) is 3.98. The van der Waals surface area contributed by atoms with E-state index in [0.29, 0.717) is 5.16 Å². The van der Waals surface area contributed by atoms with Gasteiger partial charge in [0.1, 0.15) is 0 Å². The highest BCUT2D eigenvalue weighted by Gasteiger charge is 2.16. The zero-order valence-electron chi connectivity index (χ0n) is 6.95. The highest BCUT2D eigenvalue weighted by Crippen LogP contribution is 2.44. The number of rotatable bonds is 0. The van der Waals surface area contributed by atoms with Crippen LogP contribution in [0.4, 0.5) is 0 Å². The Hall–Kier alpha value is -0.0100. The van der Waals surface area contributed by atoms with E-state index >= 15 is 0 Å². The molecule has 0 N–H and O–H groups in total. The normalized spacial score (nSPS) is 13.9. The third-order valence-corrected chi connectivity index (χ3v) is 3.86. The molecule has 1 heteroatoms. The van der Waals surface area contributed by atoms with Crippen LogP contribution in [0.3, 0.4) is 0 Å². The van der Waals surface area contributed by atoms with Crippen LogP contribution in [-0.2, 0) is 0 Å². The van der Waals surface area contributed by atoms with Gasteiger partial charge in [-0.2, -0.15) is 0 Å². The van der Waals surface area contributed by atoms with Crippen LogP contribution in [0.1, 0.15) is 27.7 Å². The van der Waals surface area contributed by atoms with Gasteiger partial charge in [0, 0.05) is 0 Å². The Morgan fingerprint density at radius 2 is 1.67 bits per heavy atom. The van der Waals surface area contributed by atoms with E-state index in [1.54, 1.807) is 0 Å². The van der Waals surface area contributed by atoms with Gasteiger partial charge in [0.05, 0.1) is 0 Å². The molecular formula is C8H15P. The Balaban J connectivity index is 3.99. The van der Waals surface area contributed by atoms with E-state index in [4.69, 9.17) is 0 Å². The van der Waals surface area contributed by atoms with Crippen LogP contribution >= 0.6 is 7.92 Å². The lowest BCUT2D eigenvalue weighted by molar-refractivity contribution is 0.791. The van der Waals surface area contributed by atoms with Gasteiger partial charge in [-0.1, -0.05) is 26.4 Å². The Labute approximate surface area is 59.8 Å². The minimum absolute atomic E-state index is 0.0828. The van der Waals surface area contributed by atoms with Gasteiger partial charge in [-0.25, -0.2) is 0 Å². The zero-order valence-corrected chi connectivity index (χ0v) is 7.84. The van der Waals surface area contributed by atoms with Crippen LogP contribution in [0.25, 0.3) is 0 Å². The highest BCUT2D eigenvalue weighted by molar-refractivity contribution is 7.63. The molecule has 0 aromatic carbocycles. The summed E-state index contributed by atoms with van der Waals surface area (Å²) in [6.07, 6.45) is 0. The first-order valence-corrected chi connectivity index (χ1v) is 4.93. The van der Waals surface area contributed by atoms with E-state index < -0.39 is 0 Å². The summed E-state index contributed by atoms with van der Waals surface area (Å²) in [6.45, 7) is 10.9. The van der Waals surface area contributed by atoms with E-state index in [1.807, 2.05) is 6.92 Å². The minimum Gasteiger partial charge on any atom is -0.102 e. The first-order valence-electron chi connectivity index (χ1n) is 3.14. The molecule has 0 radical (unpaired) electrons. The van der Waals surface area contributed by atoms with Crippen LogP contribution in [0.15, 0.2) is 0 Å². The fraction of sp³-hybridized carbons (Fsp3) is 0.750. The minimum atomic E-state index is -0.0828. The summed E-state index contributed by atoms with van der Waals surface area (Å²) in [7, 11) is -0.0828. The molecule has 9 heavy (non-hydrogen) atoms. The number of hydrogen-bond acceptors (Lipinski definition) is 0. The van der Waals surface area contributed by atoms with Crippen molar-refractivity contribution in [3.05, 3.63) is 0 Å². The molecule has 0 heterocycles. The standard InChI is InChI=1S/C8H15P/c1-6-7-9(5)8(2,3)4/h1-5H3/t9-/m1/s1. The van der Waals surface area contributed by atoms with Crippen LogP contribution < -0.4 is 0 Å². The third-order valence-electron chi connectivity index (χ3n) is 1.29. The molecule has 0 aromatic heterocycles. The third kappa shape index (κ3) is 3.55. The van der Waals surface area contributed by atoms with Crippen molar-refractivity contribution >= 4 is 7.92 Å². The van der Waals surface area contributed by atoms with Gasteiger partial charge in [0.15, 0.2) is 0 Å². The van der Waals surface area contributed by atoms with Crippen LogP contribution in [0, 0.1) is 11.6 Å². The Morgan fingerprint density at radius 1 is 1.22 bits per heavy atom. The maximum atomic E-state index is 3.20. The predicted molar refractivity (Wildman–Crippen MR) is 46.0 cm³/mol. The van der Waals surface area contributed by atoms with Gasteiger partial charge in [-0.05, 0) is 26.7 Å². The fourth-order valence-electron chi connectivity index (χ4n) is 0.335. The average molecular weight is 142 g/mol. The van der Waals surface area contributed by atoms with E-state index in [1.165, 1.54) is 0 Å². The van der Waals surface area contributed by atoms with E-state index in [0.717, 1.165) is 0 Å². The molecule has 52 valence electrons. The topological polar surface area (TPSA) is 0 Å². The van der Waals surface area contributed by atoms with Crippen molar-refractivity contribution in [2.24, 2.45) is 0 Å².